The molecule has 0 bridgehead atoms. The van der Waals surface area contributed by atoms with Gasteiger partial charge in [-0.2, -0.15) is 0 Å². The fourth-order valence-corrected chi connectivity index (χ4v) is 9.42. The van der Waals surface area contributed by atoms with E-state index in [1.807, 2.05) is 79.7 Å². The highest BCUT2D eigenvalue weighted by atomic mass is 32.2. The van der Waals surface area contributed by atoms with Crippen LogP contribution in [-0.4, -0.2) is 81.6 Å². The number of rotatable bonds is 18. The van der Waals surface area contributed by atoms with Crippen LogP contribution in [-0.2, 0) is 37.3 Å². The van der Waals surface area contributed by atoms with Crippen molar-refractivity contribution in [2.24, 2.45) is 5.41 Å². The van der Waals surface area contributed by atoms with Crippen LogP contribution in [0.5, 0.6) is 5.75 Å². The van der Waals surface area contributed by atoms with Gasteiger partial charge in [-0.05, 0) is 65.4 Å². The average Bonchev–Trinajstić information content (AvgIpc) is 3.15. The first-order chi connectivity index (χ1) is 23.8. The molecule has 3 aromatic carbocycles. The van der Waals surface area contributed by atoms with E-state index in [4.69, 9.17) is 19.7 Å². The molecule has 50 heavy (non-hydrogen) atoms. The van der Waals surface area contributed by atoms with Gasteiger partial charge < -0.3 is 24.6 Å². The van der Waals surface area contributed by atoms with Crippen LogP contribution in [0.2, 0.25) is 0 Å². The highest BCUT2D eigenvalue weighted by molar-refractivity contribution is 7.91. The van der Waals surface area contributed by atoms with E-state index in [1.54, 1.807) is 13.2 Å². The van der Waals surface area contributed by atoms with Gasteiger partial charge in [0, 0.05) is 44.8 Å². The van der Waals surface area contributed by atoms with Gasteiger partial charge in [0.2, 0.25) is 0 Å². The first-order valence-electron chi connectivity index (χ1n) is 17.4. The molecular formula is C39H52N2O8S. The molecule has 0 saturated carbocycles. The number of anilines is 1. The van der Waals surface area contributed by atoms with Gasteiger partial charge in [0.15, 0.2) is 9.84 Å². The molecule has 0 aliphatic carbocycles. The fraction of sp³-hybridized carbons (Fsp3) is 0.487. The summed E-state index contributed by atoms with van der Waals surface area (Å²) in [5.41, 5.74) is 3.79. The number of carbonyl (C=O) groups is 2. The van der Waals surface area contributed by atoms with E-state index >= 15 is 0 Å². The number of hydrogen-bond donors (Lipinski definition) is 2. The minimum Gasteiger partial charge on any atom is -0.489 e. The van der Waals surface area contributed by atoms with Crippen LogP contribution >= 0.6 is 0 Å². The molecule has 2 N–H and O–H groups in total. The molecule has 0 saturated heterocycles. The van der Waals surface area contributed by atoms with Gasteiger partial charge in [-0.1, -0.05) is 75.9 Å². The molecule has 3 aromatic rings. The Bertz CT molecular complexity index is 1670. The number of hydrogen-bond acceptors (Lipinski definition) is 8. The third-order valence-electron chi connectivity index (χ3n) is 9.67. The molecule has 0 radical (unpaired) electrons. The molecule has 272 valence electrons. The number of carboxylic acids is 2. The second-order valence-corrected chi connectivity index (χ2v) is 15.6. The van der Waals surface area contributed by atoms with Gasteiger partial charge in [0.05, 0.1) is 29.8 Å². The van der Waals surface area contributed by atoms with E-state index in [0.717, 1.165) is 66.5 Å². The van der Waals surface area contributed by atoms with Crippen LogP contribution in [0, 0.1) is 5.41 Å². The molecule has 4 rings (SSSR count). The predicted molar refractivity (Wildman–Crippen MR) is 195 cm³/mol. The normalized spacial score (nSPS) is 17.9. The number of methoxy groups -OCH3 is 1. The largest absolute Gasteiger partial charge is 0.489 e. The smallest absolute Gasteiger partial charge is 0.317 e. The lowest BCUT2D eigenvalue weighted by atomic mass is 9.68. The Labute approximate surface area is 296 Å². The van der Waals surface area contributed by atoms with Crippen molar-refractivity contribution in [1.82, 2.24) is 4.90 Å². The maximum absolute atomic E-state index is 14.2. The molecule has 0 aromatic heterocycles. The third kappa shape index (κ3) is 9.64. The van der Waals surface area contributed by atoms with Crippen LogP contribution in [0.25, 0.3) is 0 Å². The molecule has 1 aliphatic heterocycles. The average molecular weight is 709 g/mol. The summed E-state index contributed by atoms with van der Waals surface area (Å²) >= 11 is 0. The van der Waals surface area contributed by atoms with Crippen molar-refractivity contribution in [2.45, 2.75) is 82.4 Å². The Kier molecular flexibility index (Phi) is 13.5. The van der Waals surface area contributed by atoms with E-state index in [1.165, 1.54) is 4.90 Å². The fourth-order valence-electron chi connectivity index (χ4n) is 7.23. The topological polar surface area (TPSA) is 134 Å². The Hall–Kier alpha value is -3.93. The minimum absolute atomic E-state index is 0.0560. The summed E-state index contributed by atoms with van der Waals surface area (Å²) in [5, 5.41) is 18.2. The number of sulfone groups is 1. The monoisotopic (exact) mass is 708 g/mol. The lowest BCUT2D eigenvalue weighted by Gasteiger charge is -2.42. The maximum atomic E-state index is 14.2. The Morgan fingerprint density at radius 1 is 0.860 bits per heavy atom. The van der Waals surface area contributed by atoms with Gasteiger partial charge >= 0.3 is 11.9 Å². The summed E-state index contributed by atoms with van der Waals surface area (Å²) in [6.45, 7) is 4.04. The van der Waals surface area contributed by atoms with E-state index < -0.39 is 27.2 Å². The van der Waals surface area contributed by atoms with Crippen LogP contribution in [0.3, 0.4) is 0 Å². The number of fused-ring (bicyclic) bond motifs is 1. The van der Waals surface area contributed by atoms with Crippen molar-refractivity contribution in [1.29, 1.82) is 0 Å². The summed E-state index contributed by atoms with van der Waals surface area (Å²) in [5.74, 6) is -1.77. The molecule has 11 heteroatoms. The molecule has 0 amide bonds. The summed E-state index contributed by atoms with van der Waals surface area (Å²) in [7, 11) is 2.01. The van der Waals surface area contributed by atoms with E-state index in [2.05, 4.69) is 13.8 Å². The van der Waals surface area contributed by atoms with Crippen molar-refractivity contribution < 1.29 is 37.7 Å². The number of ether oxygens (including phenoxy) is 2. The summed E-state index contributed by atoms with van der Waals surface area (Å²) < 4.78 is 41.1. The SMILES string of the molecule is CCCCC1(CCCC)CS(=O)(=O)c2ccc(N(C)C)cc2[C@@H](c2ccc(OCc3ccc(CN(CC(=O)O)CC(=O)O)cc3)cc2)[C@H]1OC. The van der Waals surface area contributed by atoms with E-state index in [0.29, 0.717) is 17.3 Å². The van der Waals surface area contributed by atoms with Gasteiger partial charge in [0.1, 0.15) is 12.4 Å². The lowest BCUT2D eigenvalue weighted by Crippen LogP contribution is -2.44. The number of carboxylic acid groups (broad SMARTS) is 2. The second-order valence-electron chi connectivity index (χ2n) is 13.7. The first-order valence-corrected chi connectivity index (χ1v) is 19.0. The van der Waals surface area contributed by atoms with E-state index in [-0.39, 0.29) is 37.4 Å². The van der Waals surface area contributed by atoms with Crippen LogP contribution in [0.15, 0.2) is 71.6 Å². The minimum atomic E-state index is -3.62. The molecule has 1 aliphatic rings. The zero-order chi connectivity index (χ0) is 36.5. The lowest BCUT2D eigenvalue weighted by molar-refractivity contribution is -0.142. The molecular weight excluding hydrogens is 657 g/mol. The van der Waals surface area contributed by atoms with Crippen molar-refractivity contribution in [3.8, 4) is 5.75 Å². The van der Waals surface area contributed by atoms with Gasteiger partial charge in [0.25, 0.3) is 0 Å². The zero-order valence-electron chi connectivity index (χ0n) is 29.9. The second kappa shape index (κ2) is 17.3. The summed E-state index contributed by atoms with van der Waals surface area (Å²) in [6, 6.07) is 21.0. The Morgan fingerprint density at radius 2 is 1.44 bits per heavy atom. The van der Waals surface area contributed by atoms with Crippen LogP contribution in [0.4, 0.5) is 5.69 Å². The van der Waals surface area contributed by atoms with Crippen molar-refractivity contribution in [3.63, 3.8) is 0 Å². The standard InChI is InChI=1S/C39H52N2O8S/c1-6-8-20-39(21-9-7-2)27-50(46,47)34-19-16-31(40(3)4)22-33(34)37(38(39)48-5)30-14-17-32(18-15-30)49-26-29-12-10-28(11-13-29)23-41(24-35(42)43)25-36(44)45/h10-19,22,37-38H,6-9,20-21,23-27H2,1-5H3,(H,42,43)(H,44,45)/t37-,38-/m1/s1. The molecule has 0 unspecified atom stereocenters. The van der Waals surface area contributed by atoms with Crippen molar-refractivity contribution in [2.75, 3.05) is 44.9 Å². The van der Waals surface area contributed by atoms with Crippen LogP contribution in [0.1, 0.15) is 80.5 Å². The van der Waals surface area contributed by atoms with Gasteiger partial charge in [-0.25, -0.2) is 8.42 Å². The third-order valence-corrected chi connectivity index (χ3v) is 11.7. The molecule has 10 nitrogen and oxygen atoms in total. The van der Waals surface area contributed by atoms with Gasteiger partial charge in [-0.3, -0.25) is 14.5 Å². The molecule has 0 fully saturated rings. The number of benzene rings is 3. The summed E-state index contributed by atoms with van der Waals surface area (Å²) in [6.07, 6.45) is 4.95. The van der Waals surface area contributed by atoms with Crippen molar-refractivity contribution >= 4 is 27.5 Å². The first kappa shape index (κ1) is 38.9. The van der Waals surface area contributed by atoms with Crippen LogP contribution < -0.4 is 9.64 Å². The Balaban J connectivity index is 1.63. The highest BCUT2D eigenvalue weighted by Crippen LogP contribution is 2.51. The molecule has 0 spiro atoms. The predicted octanol–water partition coefficient (Wildman–Crippen LogP) is 6.60. The summed E-state index contributed by atoms with van der Waals surface area (Å²) in [4.78, 5) is 26.0. The van der Waals surface area contributed by atoms with E-state index in [9.17, 15) is 18.0 Å². The number of aliphatic carboxylic acids is 2. The molecule has 2 atom stereocenters. The quantitative estimate of drug-likeness (QED) is 0.149. The maximum Gasteiger partial charge on any atom is 0.317 e. The Morgan fingerprint density at radius 3 is 1.96 bits per heavy atom. The molecule has 1 heterocycles. The number of unbranched alkanes of at least 4 members (excludes halogenated alkanes) is 2. The van der Waals surface area contributed by atoms with Gasteiger partial charge in [-0.15, -0.1) is 0 Å². The number of nitrogens with zero attached hydrogens (tertiary/aromatic N) is 2. The van der Waals surface area contributed by atoms with Crippen molar-refractivity contribution in [3.05, 3.63) is 89.0 Å². The highest BCUT2D eigenvalue weighted by Gasteiger charge is 2.50. The zero-order valence-corrected chi connectivity index (χ0v) is 30.7.